The van der Waals surface area contributed by atoms with E-state index in [-0.39, 0.29) is 6.03 Å². The lowest BCUT2D eigenvalue weighted by Gasteiger charge is -2.34. The minimum Gasteiger partial charge on any atom is -0.497 e. The van der Waals surface area contributed by atoms with Gasteiger partial charge >= 0.3 is 6.03 Å². The first kappa shape index (κ1) is 19.3. The van der Waals surface area contributed by atoms with Crippen molar-refractivity contribution >= 4 is 38.4 Å². The first-order chi connectivity index (χ1) is 14.1. The van der Waals surface area contributed by atoms with Crippen molar-refractivity contribution in [3.8, 4) is 11.5 Å². The van der Waals surface area contributed by atoms with Gasteiger partial charge in [0.25, 0.3) is 0 Å². The van der Waals surface area contributed by atoms with Crippen LogP contribution in [0, 0.1) is 6.92 Å². The molecule has 0 atom stereocenters. The Morgan fingerprint density at radius 2 is 1.90 bits per heavy atom. The molecule has 0 unspecified atom stereocenters. The van der Waals surface area contributed by atoms with Crippen molar-refractivity contribution in [1.29, 1.82) is 0 Å². The molecule has 1 N–H and O–H groups in total. The number of carbonyl (C=O) groups excluding carboxylic acids is 1. The third-order valence-electron chi connectivity index (χ3n) is 5.10. The third-order valence-corrected chi connectivity index (χ3v) is 6.18. The number of thiazole rings is 1. The molecule has 29 heavy (non-hydrogen) atoms. The molecule has 8 heteroatoms. The number of hydrogen-bond acceptors (Lipinski definition) is 6. The van der Waals surface area contributed by atoms with Gasteiger partial charge in [-0.3, -0.25) is 0 Å². The average molecular weight is 413 g/mol. The Bertz CT molecular complexity index is 1030. The molecule has 1 aromatic heterocycles. The van der Waals surface area contributed by atoms with E-state index in [0.29, 0.717) is 30.3 Å². The van der Waals surface area contributed by atoms with E-state index in [1.54, 1.807) is 43.8 Å². The number of anilines is 2. The van der Waals surface area contributed by atoms with Crippen LogP contribution in [0.25, 0.3) is 10.2 Å². The topological polar surface area (TPSA) is 66.9 Å². The van der Waals surface area contributed by atoms with Gasteiger partial charge in [0.15, 0.2) is 5.13 Å². The van der Waals surface area contributed by atoms with Crippen LogP contribution in [0.3, 0.4) is 0 Å². The Kier molecular flexibility index (Phi) is 5.44. The molecule has 3 aromatic rings. The summed E-state index contributed by atoms with van der Waals surface area (Å²) in [7, 11) is 3.17. The Balaban J connectivity index is 1.40. The maximum Gasteiger partial charge on any atom is 0.322 e. The summed E-state index contributed by atoms with van der Waals surface area (Å²) in [5, 5.41) is 3.96. The highest BCUT2D eigenvalue weighted by atomic mass is 32.1. The van der Waals surface area contributed by atoms with Crippen LogP contribution in [0.15, 0.2) is 36.4 Å². The van der Waals surface area contributed by atoms with Crippen molar-refractivity contribution < 1.29 is 14.3 Å². The standard InChI is InChI=1S/C21H24N4O3S/c1-14-5-4-6-18-19(14)23-21(29-18)25-11-9-24(10-12-25)20(26)22-16-8-7-15(27-2)13-17(16)28-3/h4-8,13H,9-12H2,1-3H3,(H,22,26). The highest BCUT2D eigenvalue weighted by Crippen LogP contribution is 2.32. The summed E-state index contributed by atoms with van der Waals surface area (Å²) in [5.41, 5.74) is 2.89. The van der Waals surface area contributed by atoms with Gasteiger partial charge < -0.3 is 24.6 Å². The fourth-order valence-corrected chi connectivity index (χ4v) is 4.50. The molecule has 1 saturated heterocycles. The zero-order valence-electron chi connectivity index (χ0n) is 16.8. The lowest BCUT2D eigenvalue weighted by molar-refractivity contribution is 0.208. The molecule has 2 aromatic carbocycles. The lowest BCUT2D eigenvalue weighted by Crippen LogP contribution is -2.50. The van der Waals surface area contributed by atoms with Crippen LogP contribution in [0.5, 0.6) is 11.5 Å². The van der Waals surface area contributed by atoms with Crippen molar-refractivity contribution in [1.82, 2.24) is 9.88 Å². The predicted molar refractivity (Wildman–Crippen MR) is 117 cm³/mol. The molecule has 1 fully saturated rings. The Morgan fingerprint density at radius 1 is 1.10 bits per heavy atom. The number of hydrogen-bond donors (Lipinski definition) is 1. The van der Waals surface area contributed by atoms with E-state index in [2.05, 4.69) is 35.3 Å². The monoisotopic (exact) mass is 412 g/mol. The molecule has 7 nitrogen and oxygen atoms in total. The number of fused-ring (bicyclic) bond motifs is 1. The maximum absolute atomic E-state index is 12.7. The summed E-state index contributed by atoms with van der Waals surface area (Å²) < 4.78 is 11.8. The molecular weight excluding hydrogens is 388 g/mol. The van der Waals surface area contributed by atoms with E-state index in [1.807, 2.05) is 4.90 Å². The highest BCUT2D eigenvalue weighted by molar-refractivity contribution is 7.22. The molecular formula is C21H24N4O3S. The smallest absolute Gasteiger partial charge is 0.322 e. The number of rotatable bonds is 4. The second kappa shape index (κ2) is 8.16. The number of nitrogens with one attached hydrogen (secondary N) is 1. The van der Waals surface area contributed by atoms with Gasteiger partial charge in [0.2, 0.25) is 0 Å². The number of methoxy groups -OCH3 is 2. The van der Waals surface area contributed by atoms with Crippen LogP contribution in [-0.2, 0) is 0 Å². The van der Waals surface area contributed by atoms with Crippen LogP contribution in [-0.4, -0.2) is 56.3 Å². The maximum atomic E-state index is 12.7. The number of carbonyl (C=O) groups is 1. The quantitative estimate of drug-likeness (QED) is 0.702. The van der Waals surface area contributed by atoms with Crippen LogP contribution in [0.1, 0.15) is 5.56 Å². The van der Waals surface area contributed by atoms with E-state index in [0.717, 1.165) is 23.7 Å². The highest BCUT2D eigenvalue weighted by Gasteiger charge is 2.24. The number of benzene rings is 2. The van der Waals surface area contributed by atoms with E-state index >= 15 is 0 Å². The number of urea groups is 1. The predicted octanol–water partition coefficient (Wildman–Crippen LogP) is 3.98. The number of piperazine rings is 1. The van der Waals surface area contributed by atoms with Gasteiger partial charge in [0.05, 0.1) is 30.1 Å². The van der Waals surface area contributed by atoms with Gasteiger partial charge in [-0.2, -0.15) is 0 Å². The number of aryl methyl sites for hydroxylation is 1. The molecule has 2 amide bonds. The van der Waals surface area contributed by atoms with Gasteiger partial charge in [-0.1, -0.05) is 23.5 Å². The molecule has 4 rings (SSSR count). The number of para-hydroxylation sites is 1. The van der Waals surface area contributed by atoms with Crippen molar-refractivity contribution in [2.24, 2.45) is 0 Å². The van der Waals surface area contributed by atoms with Gasteiger partial charge in [-0.25, -0.2) is 9.78 Å². The molecule has 0 radical (unpaired) electrons. The molecule has 2 heterocycles. The van der Waals surface area contributed by atoms with E-state index in [4.69, 9.17) is 14.5 Å². The summed E-state index contributed by atoms with van der Waals surface area (Å²) in [6.45, 7) is 4.87. The number of aromatic nitrogens is 1. The zero-order valence-corrected chi connectivity index (χ0v) is 17.6. The third kappa shape index (κ3) is 3.93. The number of ether oxygens (including phenoxy) is 2. The molecule has 152 valence electrons. The fourth-order valence-electron chi connectivity index (χ4n) is 3.41. The van der Waals surface area contributed by atoms with Crippen LogP contribution in [0.4, 0.5) is 15.6 Å². The fraction of sp³-hybridized carbons (Fsp3) is 0.333. The zero-order chi connectivity index (χ0) is 20.4. The normalized spacial score (nSPS) is 14.2. The first-order valence-electron chi connectivity index (χ1n) is 9.48. The van der Waals surface area contributed by atoms with Crippen molar-refractivity contribution in [2.75, 3.05) is 50.6 Å². The average Bonchev–Trinajstić information content (AvgIpc) is 3.20. The Morgan fingerprint density at radius 3 is 2.59 bits per heavy atom. The first-order valence-corrected chi connectivity index (χ1v) is 10.3. The van der Waals surface area contributed by atoms with Crippen molar-refractivity contribution in [3.05, 3.63) is 42.0 Å². The molecule has 0 saturated carbocycles. The van der Waals surface area contributed by atoms with Gasteiger partial charge in [0.1, 0.15) is 11.5 Å². The summed E-state index contributed by atoms with van der Waals surface area (Å²) >= 11 is 1.71. The molecule has 1 aliphatic heterocycles. The van der Waals surface area contributed by atoms with Gasteiger partial charge in [-0.05, 0) is 30.7 Å². The van der Waals surface area contributed by atoms with Crippen LogP contribution in [0.2, 0.25) is 0 Å². The second-order valence-electron chi connectivity index (χ2n) is 6.89. The largest absolute Gasteiger partial charge is 0.497 e. The minimum atomic E-state index is -0.131. The van der Waals surface area contributed by atoms with Crippen LogP contribution < -0.4 is 19.7 Å². The molecule has 0 spiro atoms. The van der Waals surface area contributed by atoms with Crippen molar-refractivity contribution in [3.63, 3.8) is 0 Å². The number of nitrogens with zero attached hydrogens (tertiary/aromatic N) is 3. The van der Waals surface area contributed by atoms with Gasteiger partial charge in [0, 0.05) is 32.2 Å². The second-order valence-corrected chi connectivity index (χ2v) is 7.90. The Labute approximate surface area is 173 Å². The van der Waals surface area contributed by atoms with E-state index in [9.17, 15) is 4.79 Å². The SMILES string of the molecule is COc1ccc(NC(=O)N2CCN(c3nc4c(C)cccc4s3)CC2)c(OC)c1. The van der Waals surface area contributed by atoms with Crippen molar-refractivity contribution in [2.45, 2.75) is 6.92 Å². The van der Waals surface area contributed by atoms with Gasteiger partial charge in [-0.15, -0.1) is 0 Å². The van der Waals surface area contributed by atoms with Crippen LogP contribution >= 0.6 is 11.3 Å². The minimum absolute atomic E-state index is 0.131. The summed E-state index contributed by atoms with van der Waals surface area (Å²) in [4.78, 5) is 21.6. The van der Waals surface area contributed by atoms with E-state index < -0.39 is 0 Å². The summed E-state index contributed by atoms with van der Waals surface area (Å²) in [6, 6.07) is 11.5. The molecule has 0 bridgehead atoms. The summed E-state index contributed by atoms with van der Waals surface area (Å²) in [5.74, 6) is 1.25. The lowest BCUT2D eigenvalue weighted by atomic mass is 10.2. The number of amides is 2. The Hall–Kier alpha value is -3.00. The van der Waals surface area contributed by atoms with E-state index in [1.165, 1.54) is 10.3 Å². The molecule has 1 aliphatic rings. The molecule has 0 aliphatic carbocycles. The summed E-state index contributed by atoms with van der Waals surface area (Å²) in [6.07, 6.45) is 0.